The van der Waals surface area contributed by atoms with Gasteiger partial charge in [0.1, 0.15) is 0 Å². The third kappa shape index (κ3) is 3.49. The molecule has 0 aliphatic heterocycles. The van der Waals surface area contributed by atoms with Crippen LogP contribution in [-0.2, 0) is 0 Å². The van der Waals surface area contributed by atoms with E-state index in [1.54, 1.807) is 7.05 Å². The quantitative estimate of drug-likeness (QED) is 0.321. The molecule has 2 nitrogen and oxygen atoms in total. The second-order valence-corrected chi connectivity index (χ2v) is 1.94. The van der Waals surface area contributed by atoms with E-state index in [1.165, 1.54) is 0 Å². The van der Waals surface area contributed by atoms with Crippen molar-refractivity contribution < 1.29 is 51.4 Å². The molecule has 0 saturated heterocycles. The van der Waals surface area contributed by atoms with Gasteiger partial charge in [0.05, 0.1) is 0 Å². The Balaban J connectivity index is 0.000001000. The van der Waals surface area contributed by atoms with Crippen molar-refractivity contribution in [2.45, 2.75) is 0 Å². The van der Waals surface area contributed by atoms with Gasteiger partial charge in [0.2, 0.25) is 0 Å². The van der Waals surface area contributed by atoms with Gasteiger partial charge in [-0.05, 0) is 5.56 Å². The fraction of sp³-hybridized carbons (Fsp3) is 0.125. The van der Waals surface area contributed by atoms with Crippen LogP contribution in [-0.4, -0.2) is 12.9 Å². The summed E-state index contributed by atoms with van der Waals surface area (Å²) >= 11 is 0. The van der Waals surface area contributed by atoms with Gasteiger partial charge < -0.3 is 10.7 Å². The number of nitrogens with zero attached hydrogens (tertiary/aromatic N) is 1. The Morgan fingerprint density at radius 3 is 2.27 bits per heavy atom. The predicted molar refractivity (Wildman–Crippen MR) is 42.6 cm³/mol. The second-order valence-electron chi connectivity index (χ2n) is 1.94. The van der Waals surface area contributed by atoms with Crippen molar-refractivity contribution >= 4 is 5.84 Å². The largest absolute Gasteiger partial charge is 1.00 e. The number of hydrogen-bond donors (Lipinski definition) is 1. The maximum absolute atomic E-state index is 7.31. The van der Waals surface area contributed by atoms with Gasteiger partial charge in [-0.3, -0.25) is 0 Å². The van der Waals surface area contributed by atoms with Crippen molar-refractivity contribution in [1.29, 1.82) is 5.41 Å². The molecule has 0 aromatic heterocycles. The molecule has 0 bridgehead atoms. The summed E-state index contributed by atoms with van der Waals surface area (Å²) < 4.78 is 0. The van der Waals surface area contributed by atoms with E-state index in [2.05, 4.69) is 5.32 Å². The first-order chi connectivity index (χ1) is 4.84. The van der Waals surface area contributed by atoms with Crippen LogP contribution in [0.1, 0.15) is 5.56 Å². The zero-order valence-electron chi connectivity index (χ0n) is 6.83. The molecule has 0 heterocycles. The maximum Gasteiger partial charge on any atom is 1.00 e. The van der Waals surface area contributed by atoms with E-state index in [-0.39, 0.29) is 51.4 Å². The summed E-state index contributed by atoms with van der Waals surface area (Å²) in [4.78, 5) is 0. The zero-order valence-corrected chi connectivity index (χ0v) is 9.96. The molecule has 11 heavy (non-hydrogen) atoms. The normalized spacial score (nSPS) is 8.09. The van der Waals surface area contributed by atoms with E-state index in [4.69, 9.17) is 5.41 Å². The third-order valence-electron chi connectivity index (χ3n) is 1.27. The van der Waals surface area contributed by atoms with E-state index in [0.717, 1.165) is 5.56 Å². The number of hydrogen-bond acceptors (Lipinski definition) is 1. The Kier molecular flexibility index (Phi) is 6.09. The van der Waals surface area contributed by atoms with E-state index < -0.39 is 0 Å². The van der Waals surface area contributed by atoms with Crippen LogP contribution < -0.4 is 51.4 Å². The Hall–Kier alpha value is 0.326. The van der Waals surface area contributed by atoms with Crippen LogP contribution in [0.3, 0.4) is 0 Å². The van der Waals surface area contributed by atoms with E-state index >= 15 is 0 Å². The summed E-state index contributed by atoms with van der Waals surface area (Å²) in [6.07, 6.45) is 0. The van der Waals surface area contributed by atoms with Gasteiger partial charge in [-0.25, -0.2) is 0 Å². The zero-order chi connectivity index (χ0) is 7.40. The molecule has 1 aromatic rings. The molecular weight excluding hydrogens is 163 g/mol. The molecule has 0 fully saturated rings. The SMILES string of the molecule is C[N-]C(=N)c1ccccc1.[K+]. The van der Waals surface area contributed by atoms with Crippen LogP contribution in [0.5, 0.6) is 0 Å². The summed E-state index contributed by atoms with van der Waals surface area (Å²) in [6.45, 7) is 0. The number of benzene rings is 1. The van der Waals surface area contributed by atoms with E-state index in [0.29, 0.717) is 5.84 Å². The molecule has 0 spiro atoms. The Labute approximate surface area is 109 Å². The molecular formula is C8H9KN2. The van der Waals surface area contributed by atoms with Gasteiger partial charge in [-0.15, -0.1) is 0 Å². The monoisotopic (exact) mass is 172 g/mol. The van der Waals surface area contributed by atoms with Gasteiger partial charge in [0.25, 0.3) is 0 Å². The van der Waals surface area contributed by atoms with Gasteiger partial charge in [-0.2, -0.15) is 0 Å². The van der Waals surface area contributed by atoms with Crippen molar-refractivity contribution in [2.75, 3.05) is 7.05 Å². The third-order valence-corrected chi connectivity index (χ3v) is 1.27. The Morgan fingerprint density at radius 2 is 1.82 bits per heavy atom. The first-order valence-corrected chi connectivity index (χ1v) is 3.08. The van der Waals surface area contributed by atoms with Crippen LogP contribution in [0, 0.1) is 5.41 Å². The molecule has 3 heteroatoms. The molecule has 0 aliphatic rings. The molecule has 0 atom stereocenters. The number of rotatable bonds is 1. The molecule has 1 aromatic carbocycles. The minimum absolute atomic E-state index is 0. The summed E-state index contributed by atoms with van der Waals surface area (Å²) in [5.41, 5.74) is 0.866. The van der Waals surface area contributed by atoms with Crippen LogP contribution in [0.2, 0.25) is 0 Å². The molecule has 0 aliphatic carbocycles. The van der Waals surface area contributed by atoms with Crippen molar-refractivity contribution in [1.82, 2.24) is 0 Å². The average molecular weight is 172 g/mol. The van der Waals surface area contributed by atoms with Gasteiger partial charge in [0.15, 0.2) is 0 Å². The average Bonchev–Trinajstić information content (AvgIpc) is 2.05. The van der Waals surface area contributed by atoms with Gasteiger partial charge >= 0.3 is 51.4 Å². The second kappa shape index (κ2) is 5.91. The molecule has 0 radical (unpaired) electrons. The van der Waals surface area contributed by atoms with Crippen molar-refractivity contribution in [3.63, 3.8) is 0 Å². The molecule has 1 rings (SSSR count). The van der Waals surface area contributed by atoms with Crippen LogP contribution in [0.15, 0.2) is 30.3 Å². The van der Waals surface area contributed by atoms with Gasteiger partial charge in [-0.1, -0.05) is 43.2 Å². The summed E-state index contributed by atoms with van der Waals surface area (Å²) in [5.74, 6) is 0.334. The summed E-state index contributed by atoms with van der Waals surface area (Å²) in [5, 5.41) is 11.1. The first kappa shape index (κ1) is 11.3. The minimum atomic E-state index is 0. The summed E-state index contributed by atoms with van der Waals surface area (Å²) in [6, 6.07) is 9.46. The number of amidine groups is 1. The molecule has 52 valence electrons. The molecule has 1 N–H and O–H groups in total. The fourth-order valence-corrected chi connectivity index (χ4v) is 0.725. The smallest absolute Gasteiger partial charge is 0.482 e. The van der Waals surface area contributed by atoms with Crippen LogP contribution in [0.4, 0.5) is 0 Å². The molecule has 0 amide bonds. The fourth-order valence-electron chi connectivity index (χ4n) is 0.725. The Morgan fingerprint density at radius 1 is 1.27 bits per heavy atom. The van der Waals surface area contributed by atoms with Crippen LogP contribution in [0.25, 0.3) is 5.32 Å². The standard InChI is InChI=1S/C8H9N2.K/c1-10-8(9)7-5-3-2-4-6-7;/h2-6H,1H3,(H-,9,10);/q-1;+1. The van der Waals surface area contributed by atoms with Gasteiger partial charge in [0, 0.05) is 0 Å². The maximum atomic E-state index is 7.31. The van der Waals surface area contributed by atoms with Crippen molar-refractivity contribution in [3.05, 3.63) is 41.2 Å². The number of nitrogens with one attached hydrogen (secondary N) is 1. The van der Waals surface area contributed by atoms with Crippen LogP contribution >= 0.6 is 0 Å². The minimum Gasteiger partial charge on any atom is -0.482 e. The molecule has 0 saturated carbocycles. The summed E-state index contributed by atoms with van der Waals surface area (Å²) in [7, 11) is 1.62. The van der Waals surface area contributed by atoms with Crippen molar-refractivity contribution in [2.24, 2.45) is 0 Å². The first-order valence-electron chi connectivity index (χ1n) is 3.08. The Bertz CT molecular complexity index is 221. The topological polar surface area (TPSA) is 38.0 Å². The van der Waals surface area contributed by atoms with E-state index in [1.807, 2.05) is 30.3 Å². The van der Waals surface area contributed by atoms with E-state index in [9.17, 15) is 0 Å². The predicted octanol–water partition coefficient (Wildman–Crippen LogP) is -0.981. The molecule has 0 unspecified atom stereocenters. The van der Waals surface area contributed by atoms with Crippen molar-refractivity contribution in [3.8, 4) is 0 Å².